The number of tetrazole rings is 1. The molecule has 0 saturated carbocycles. The van der Waals surface area contributed by atoms with E-state index in [1.807, 2.05) is 43.1 Å². The van der Waals surface area contributed by atoms with Crippen LogP contribution in [0, 0.1) is 6.92 Å². The summed E-state index contributed by atoms with van der Waals surface area (Å²) in [5, 5.41) is 16.1. The summed E-state index contributed by atoms with van der Waals surface area (Å²) in [4.78, 5) is 15.9. The van der Waals surface area contributed by atoms with Gasteiger partial charge in [-0.1, -0.05) is 29.8 Å². The Bertz CT molecular complexity index is 743. The van der Waals surface area contributed by atoms with Crippen LogP contribution in [0.25, 0.3) is 11.4 Å². The van der Waals surface area contributed by atoms with Crippen LogP contribution in [0.1, 0.15) is 31.2 Å². The van der Waals surface area contributed by atoms with Gasteiger partial charge in [0.15, 0.2) is 0 Å². The van der Waals surface area contributed by atoms with Crippen molar-refractivity contribution in [3.05, 3.63) is 29.8 Å². The number of hydrogen-bond acceptors (Lipinski definition) is 5. The summed E-state index contributed by atoms with van der Waals surface area (Å²) in [6, 6.07) is 9.41. The minimum atomic E-state index is 0.0409. The van der Waals surface area contributed by atoms with Crippen LogP contribution in [-0.4, -0.2) is 56.2 Å². The molecular weight excluding hydrogens is 316 g/mol. The number of likely N-dealkylation sites (N-methyl/N-ethyl adjacent to an activating group) is 1. The molecule has 3 heterocycles. The molecule has 0 spiro atoms. The average molecular weight is 340 g/mol. The third-order valence-electron chi connectivity index (χ3n) is 5.43. The zero-order valence-electron chi connectivity index (χ0n) is 14.7. The van der Waals surface area contributed by atoms with Crippen molar-refractivity contribution in [1.29, 1.82) is 0 Å². The first kappa shape index (κ1) is 16.2. The first-order chi connectivity index (χ1) is 12.1. The van der Waals surface area contributed by atoms with Crippen LogP contribution < -0.4 is 5.32 Å². The lowest BCUT2D eigenvalue weighted by Gasteiger charge is -2.35. The van der Waals surface area contributed by atoms with Crippen molar-refractivity contribution in [3.8, 4) is 11.4 Å². The number of rotatable bonds is 4. The molecule has 2 atom stereocenters. The van der Waals surface area contributed by atoms with E-state index in [9.17, 15) is 4.79 Å². The summed E-state index contributed by atoms with van der Waals surface area (Å²) in [5.74, 6) is 0.592. The van der Waals surface area contributed by atoms with Crippen molar-refractivity contribution in [2.75, 3.05) is 7.05 Å². The quantitative estimate of drug-likeness (QED) is 0.910. The Morgan fingerprint density at radius 1 is 1.24 bits per heavy atom. The molecule has 132 valence electrons. The monoisotopic (exact) mass is 340 g/mol. The van der Waals surface area contributed by atoms with Crippen LogP contribution in [0.3, 0.4) is 0 Å². The molecule has 7 nitrogen and oxygen atoms in total. The second kappa shape index (κ2) is 6.55. The van der Waals surface area contributed by atoms with Crippen LogP contribution in [-0.2, 0) is 11.3 Å². The van der Waals surface area contributed by atoms with Crippen molar-refractivity contribution in [2.45, 2.75) is 57.3 Å². The maximum Gasteiger partial charge on any atom is 0.246 e. The molecule has 4 rings (SSSR count). The molecule has 7 heteroatoms. The molecule has 2 bridgehead atoms. The van der Waals surface area contributed by atoms with Crippen molar-refractivity contribution < 1.29 is 4.79 Å². The number of amides is 1. The lowest BCUT2D eigenvalue weighted by Crippen LogP contribution is -2.49. The smallest absolute Gasteiger partial charge is 0.246 e. The van der Waals surface area contributed by atoms with Gasteiger partial charge in [-0.3, -0.25) is 4.79 Å². The molecule has 0 radical (unpaired) electrons. The Labute approximate surface area is 147 Å². The molecular formula is C18H24N6O. The number of carbonyl (C=O) groups excluding carboxylic acids is 1. The molecule has 2 aliphatic heterocycles. The van der Waals surface area contributed by atoms with Crippen LogP contribution >= 0.6 is 0 Å². The van der Waals surface area contributed by atoms with E-state index in [0.29, 0.717) is 23.9 Å². The maximum absolute atomic E-state index is 12.6. The van der Waals surface area contributed by atoms with Gasteiger partial charge in [-0.05, 0) is 37.8 Å². The molecule has 1 N–H and O–H groups in total. The third-order valence-corrected chi connectivity index (χ3v) is 5.43. The first-order valence-corrected chi connectivity index (χ1v) is 8.95. The molecule has 2 saturated heterocycles. The summed E-state index contributed by atoms with van der Waals surface area (Å²) in [5.41, 5.74) is 2.09. The first-order valence-electron chi connectivity index (χ1n) is 8.95. The van der Waals surface area contributed by atoms with E-state index >= 15 is 0 Å². The lowest BCUT2D eigenvalue weighted by molar-refractivity contribution is -0.133. The number of nitrogens with zero attached hydrogens (tertiary/aromatic N) is 5. The normalized spacial score (nSPS) is 25.1. The molecule has 2 aliphatic rings. The van der Waals surface area contributed by atoms with Gasteiger partial charge in [0.2, 0.25) is 11.7 Å². The van der Waals surface area contributed by atoms with Gasteiger partial charge in [0, 0.05) is 30.7 Å². The van der Waals surface area contributed by atoms with E-state index in [1.54, 1.807) is 0 Å². The zero-order chi connectivity index (χ0) is 17.4. The predicted octanol–water partition coefficient (Wildman–Crippen LogP) is 1.39. The molecule has 25 heavy (non-hydrogen) atoms. The molecule has 2 aromatic rings. The standard InChI is InChI=1S/C18H24N6O/c1-12-3-5-13(6-4-12)18-20-22-24(21-18)11-17(25)23(2)16-9-14-7-8-15(10-16)19-14/h3-6,14-16,19H,7-11H2,1-2H3. The van der Waals surface area contributed by atoms with E-state index in [1.165, 1.54) is 23.2 Å². The average Bonchev–Trinajstić information content (AvgIpc) is 3.21. The van der Waals surface area contributed by atoms with E-state index in [0.717, 1.165) is 18.4 Å². The third kappa shape index (κ3) is 3.42. The fraction of sp³-hybridized carbons (Fsp3) is 0.556. The van der Waals surface area contributed by atoms with Crippen LogP contribution in [0.4, 0.5) is 0 Å². The van der Waals surface area contributed by atoms with Crippen LogP contribution in [0.2, 0.25) is 0 Å². The zero-order valence-corrected chi connectivity index (χ0v) is 14.7. The predicted molar refractivity (Wildman–Crippen MR) is 93.7 cm³/mol. The van der Waals surface area contributed by atoms with E-state index < -0.39 is 0 Å². The number of aromatic nitrogens is 4. The number of fused-ring (bicyclic) bond motifs is 2. The Morgan fingerprint density at radius 2 is 1.92 bits per heavy atom. The molecule has 1 amide bonds. The molecule has 2 unspecified atom stereocenters. The number of benzene rings is 1. The van der Waals surface area contributed by atoms with Crippen molar-refractivity contribution in [3.63, 3.8) is 0 Å². The SMILES string of the molecule is Cc1ccc(-c2nnn(CC(=O)N(C)C3CC4CCC(C3)N4)n2)cc1. The summed E-state index contributed by atoms with van der Waals surface area (Å²) < 4.78 is 0. The van der Waals surface area contributed by atoms with Gasteiger partial charge >= 0.3 is 0 Å². The van der Waals surface area contributed by atoms with Crippen molar-refractivity contribution in [1.82, 2.24) is 30.4 Å². The van der Waals surface area contributed by atoms with E-state index in [2.05, 4.69) is 20.7 Å². The van der Waals surface area contributed by atoms with Gasteiger partial charge in [-0.15, -0.1) is 10.2 Å². The highest BCUT2D eigenvalue weighted by molar-refractivity contribution is 5.75. The summed E-state index contributed by atoms with van der Waals surface area (Å²) in [6.45, 7) is 2.17. The second-order valence-corrected chi connectivity index (χ2v) is 7.28. The molecule has 0 aliphatic carbocycles. The number of carbonyl (C=O) groups is 1. The highest BCUT2D eigenvalue weighted by atomic mass is 16.2. The largest absolute Gasteiger partial charge is 0.341 e. The summed E-state index contributed by atoms with van der Waals surface area (Å²) in [7, 11) is 1.90. The lowest BCUT2D eigenvalue weighted by atomic mass is 9.98. The van der Waals surface area contributed by atoms with Crippen LogP contribution in [0.15, 0.2) is 24.3 Å². The molecule has 2 fully saturated rings. The molecule has 1 aromatic heterocycles. The Morgan fingerprint density at radius 3 is 2.60 bits per heavy atom. The van der Waals surface area contributed by atoms with Gasteiger partial charge in [0.25, 0.3) is 0 Å². The highest BCUT2D eigenvalue weighted by Crippen LogP contribution is 2.29. The minimum absolute atomic E-state index is 0.0409. The second-order valence-electron chi connectivity index (χ2n) is 7.28. The van der Waals surface area contributed by atoms with E-state index in [-0.39, 0.29) is 12.5 Å². The fourth-order valence-corrected chi connectivity index (χ4v) is 3.91. The van der Waals surface area contributed by atoms with Crippen LogP contribution in [0.5, 0.6) is 0 Å². The van der Waals surface area contributed by atoms with Gasteiger partial charge in [-0.2, -0.15) is 4.80 Å². The van der Waals surface area contributed by atoms with E-state index in [4.69, 9.17) is 0 Å². The number of nitrogens with one attached hydrogen (secondary N) is 1. The minimum Gasteiger partial charge on any atom is -0.341 e. The Kier molecular flexibility index (Phi) is 4.25. The number of aryl methyl sites for hydroxylation is 1. The fourth-order valence-electron chi connectivity index (χ4n) is 3.91. The van der Waals surface area contributed by atoms with Gasteiger partial charge in [0.1, 0.15) is 6.54 Å². The maximum atomic E-state index is 12.6. The van der Waals surface area contributed by atoms with Gasteiger partial charge in [-0.25, -0.2) is 0 Å². The summed E-state index contributed by atoms with van der Waals surface area (Å²) in [6.07, 6.45) is 4.54. The summed E-state index contributed by atoms with van der Waals surface area (Å²) >= 11 is 0. The Hall–Kier alpha value is -2.28. The Balaban J connectivity index is 1.40. The number of hydrogen-bond donors (Lipinski definition) is 1. The number of piperidine rings is 1. The van der Waals surface area contributed by atoms with Gasteiger partial charge < -0.3 is 10.2 Å². The topological polar surface area (TPSA) is 75.9 Å². The van der Waals surface area contributed by atoms with Gasteiger partial charge in [0.05, 0.1) is 0 Å². The highest BCUT2D eigenvalue weighted by Gasteiger charge is 2.36. The molecule has 1 aromatic carbocycles. The van der Waals surface area contributed by atoms with Crippen molar-refractivity contribution >= 4 is 5.91 Å². The van der Waals surface area contributed by atoms with Crippen molar-refractivity contribution in [2.24, 2.45) is 0 Å².